The summed E-state index contributed by atoms with van der Waals surface area (Å²) in [5, 5.41) is 12.7. The number of aliphatic carboxylic acids is 1. The third-order valence-corrected chi connectivity index (χ3v) is 5.90. The van der Waals surface area contributed by atoms with Crippen LogP contribution in [0.25, 0.3) is 6.08 Å². The van der Waals surface area contributed by atoms with Gasteiger partial charge in [0, 0.05) is 6.42 Å². The number of rotatable bonds is 8. The van der Waals surface area contributed by atoms with Crippen LogP contribution in [0.15, 0.2) is 48.2 Å². The Bertz CT molecular complexity index is 935. The molecule has 158 valence electrons. The van der Waals surface area contributed by atoms with E-state index in [2.05, 4.69) is 5.32 Å². The van der Waals surface area contributed by atoms with Crippen LogP contribution in [0.3, 0.4) is 0 Å². The van der Waals surface area contributed by atoms with Crippen LogP contribution in [-0.2, 0) is 9.59 Å². The average Bonchev–Trinajstić information content (AvgIpc) is 3.24. The largest absolute Gasteiger partial charge is 0.477 e. The summed E-state index contributed by atoms with van der Waals surface area (Å²) >= 11 is 12.1. The minimum atomic E-state index is -1.18. The molecule has 0 heterocycles. The molecule has 0 radical (unpaired) electrons. The smallest absolute Gasteiger partial charge is 0.352 e. The zero-order valence-electron chi connectivity index (χ0n) is 16.4. The number of carbonyl (C=O) groups excluding carboxylic acids is 1. The van der Waals surface area contributed by atoms with Crippen molar-refractivity contribution in [3.8, 4) is 11.5 Å². The Morgan fingerprint density at radius 2 is 1.80 bits per heavy atom. The van der Waals surface area contributed by atoms with Crippen LogP contribution >= 0.6 is 23.2 Å². The molecule has 3 rings (SSSR count). The Labute approximate surface area is 185 Å². The summed E-state index contributed by atoms with van der Waals surface area (Å²) in [7, 11) is 0. The monoisotopic (exact) mass is 447 g/mol. The van der Waals surface area contributed by atoms with Gasteiger partial charge in [0.2, 0.25) is 5.91 Å². The molecule has 2 aromatic rings. The quantitative estimate of drug-likeness (QED) is 0.465. The van der Waals surface area contributed by atoms with Crippen molar-refractivity contribution in [2.75, 3.05) is 0 Å². The maximum atomic E-state index is 12.2. The molecule has 0 bridgehead atoms. The van der Waals surface area contributed by atoms with E-state index in [4.69, 9.17) is 27.9 Å². The average molecular weight is 448 g/mol. The van der Waals surface area contributed by atoms with E-state index in [9.17, 15) is 14.7 Å². The molecule has 30 heavy (non-hydrogen) atoms. The highest BCUT2D eigenvalue weighted by molar-refractivity contribution is 6.42. The van der Waals surface area contributed by atoms with Crippen molar-refractivity contribution in [1.29, 1.82) is 0 Å². The van der Waals surface area contributed by atoms with E-state index >= 15 is 0 Å². The lowest BCUT2D eigenvalue weighted by Gasteiger charge is -2.10. The van der Waals surface area contributed by atoms with Crippen molar-refractivity contribution in [1.82, 2.24) is 5.32 Å². The highest BCUT2D eigenvalue weighted by Gasteiger charge is 2.18. The fourth-order valence-electron chi connectivity index (χ4n) is 3.49. The molecule has 5 nitrogen and oxygen atoms in total. The maximum absolute atomic E-state index is 12.2. The van der Waals surface area contributed by atoms with Crippen LogP contribution < -0.4 is 10.1 Å². The standard InChI is InChI=1S/C23H23Cl2NO4/c24-18-6-3-7-20(22(18)25)30-17-11-8-16(9-12-17)14-19(23(28)29)26-21(27)13-10-15-4-1-2-5-15/h3,6-9,11-12,14-15H,1-2,4-5,10,13H2,(H,26,27)(H,28,29)/b19-14+. The van der Waals surface area contributed by atoms with Crippen molar-refractivity contribution in [3.05, 3.63) is 63.8 Å². The molecule has 1 aliphatic rings. The Hall–Kier alpha value is -2.50. The molecule has 7 heteroatoms. The van der Waals surface area contributed by atoms with E-state index in [0.29, 0.717) is 39.4 Å². The van der Waals surface area contributed by atoms with Crippen LogP contribution in [0, 0.1) is 5.92 Å². The second kappa shape index (κ2) is 10.5. The van der Waals surface area contributed by atoms with Gasteiger partial charge in [-0.1, -0.05) is 67.1 Å². The summed E-state index contributed by atoms with van der Waals surface area (Å²) < 4.78 is 5.72. The third kappa shape index (κ3) is 6.25. The first-order valence-corrected chi connectivity index (χ1v) is 10.6. The summed E-state index contributed by atoms with van der Waals surface area (Å²) in [4.78, 5) is 23.7. The van der Waals surface area contributed by atoms with E-state index in [1.165, 1.54) is 18.9 Å². The van der Waals surface area contributed by atoms with Gasteiger partial charge in [-0.15, -0.1) is 0 Å². The number of carboxylic acids is 1. The first-order chi connectivity index (χ1) is 14.4. The van der Waals surface area contributed by atoms with Gasteiger partial charge >= 0.3 is 5.97 Å². The highest BCUT2D eigenvalue weighted by atomic mass is 35.5. The van der Waals surface area contributed by atoms with Gasteiger partial charge < -0.3 is 15.2 Å². The molecule has 0 aliphatic heterocycles. The van der Waals surface area contributed by atoms with Crippen molar-refractivity contribution in [2.45, 2.75) is 38.5 Å². The van der Waals surface area contributed by atoms with Crippen molar-refractivity contribution in [3.63, 3.8) is 0 Å². The van der Waals surface area contributed by atoms with E-state index in [-0.39, 0.29) is 11.6 Å². The van der Waals surface area contributed by atoms with Gasteiger partial charge in [-0.3, -0.25) is 4.79 Å². The van der Waals surface area contributed by atoms with Crippen molar-refractivity contribution < 1.29 is 19.4 Å². The molecule has 2 N–H and O–H groups in total. The molecule has 1 aliphatic carbocycles. The number of benzene rings is 2. The number of ether oxygens (including phenoxy) is 1. The van der Waals surface area contributed by atoms with Gasteiger partial charge in [0.25, 0.3) is 0 Å². The van der Waals surface area contributed by atoms with Gasteiger partial charge in [-0.05, 0) is 48.2 Å². The van der Waals surface area contributed by atoms with Crippen LogP contribution in [0.1, 0.15) is 44.1 Å². The number of carboxylic acid groups (broad SMARTS) is 1. The van der Waals surface area contributed by atoms with Crippen LogP contribution in [0.2, 0.25) is 10.0 Å². The number of carbonyl (C=O) groups is 2. The predicted octanol–water partition coefficient (Wildman–Crippen LogP) is 6.30. The fraction of sp³-hybridized carbons (Fsp3) is 0.304. The number of hydrogen-bond donors (Lipinski definition) is 2. The summed E-state index contributed by atoms with van der Waals surface area (Å²) in [6.45, 7) is 0. The topological polar surface area (TPSA) is 75.6 Å². The van der Waals surface area contributed by atoms with Gasteiger partial charge in [-0.25, -0.2) is 4.79 Å². The minimum Gasteiger partial charge on any atom is -0.477 e. The Kier molecular flexibility index (Phi) is 7.77. The van der Waals surface area contributed by atoms with Crippen molar-refractivity contribution in [2.24, 2.45) is 5.92 Å². The second-order valence-electron chi connectivity index (χ2n) is 7.32. The lowest BCUT2D eigenvalue weighted by Crippen LogP contribution is -2.27. The highest BCUT2D eigenvalue weighted by Crippen LogP contribution is 2.34. The first kappa shape index (κ1) is 22.2. The van der Waals surface area contributed by atoms with Crippen LogP contribution in [0.4, 0.5) is 0 Å². The van der Waals surface area contributed by atoms with Crippen LogP contribution in [0.5, 0.6) is 11.5 Å². The third-order valence-electron chi connectivity index (χ3n) is 5.09. The molecular weight excluding hydrogens is 425 g/mol. The lowest BCUT2D eigenvalue weighted by atomic mass is 10.0. The summed E-state index contributed by atoms with van der Waals surface area (Å²) in [5.41, 5.74) is 0.464. The molecular formula is C23H23Cl2NO4. The zero-order valence-corrected chi connectivity index (χ0v) is 17.9. The summed E-state index contributed by atoms with van der Waals surface area (Å²) in [6.07, 6.45) is 7.31. The van der Waals surface area contributed by atoms with Gasteiger partial charge in [0.1, 0.15) is 22.2 Å². The van der Waals surface area contributed by atoms with Crippen LogP contribution in [-0.4, -0.2) is 17.0 Å². The summed E-state index contributed by atoms with van der Waals surface area (Å²) in [6, 6.07) is 11.9. The Morgan fingerprint density at radius 1 is 1.10 bits per heavy atom. The fourth-order valence-corrected chi connectivity index (χ4v) is 3.82. The predicted molar refractivity (Wildman–Crippen MR) is 118 cm³/mol. The normalized spacial score (nSPS) is 14.5. The number of halogens is 2. The number of nitrogens with one attached hydrogen (secondary N) is 1. The molecule has 0 unspecified atom stereocenters. The first-order valence-electron chi connectivity index (χ1n) is 9.89. The SMILES string of the molecule is O=C(CCC1CCCC1)N/C(=C/c1ccc(Oc2cccc(Cl)c2Cl)cc1)C(=O)O. The Morgan fingerprint density at radius 3 is 2.47 bits per heavy atom. The Balaban J connectivity index is 1.63. The molecule has 1 amide bonds. The molecule has 0 atom stereocenters. The number of hydrogen-bond acceptors (Lipinski definition) is 3. The molecule has 1 saturated carbocycles. The molecule has 2 aromatic carbocycles. The maximum Gasteiger partial charge on any atom is 0.352 e. The molecule has 0 spiro atoms. The molecule has 1 fully saturated rings. The second-order valence-corrected chi connectivity index (χ2v) is 8.11. The van der Waals surface area contributed by atoms with Gasteiger partial charge in [0.05, 0.1) is 5.02 Å². The van der Waals surface area contributed by atoms with E-state index < -0.39 is 5.97 Å². The van der Waals surface area contributed by atoms with Crippen molar-refractivity contribution >= 4 is 41.2 Å². The van der Waals surface area contributed by atoms with E-state index in [1.807, 2.05) is 0 Å². The zero-order chi connectivity index (χ0) is 21.5. The minimum absolute atomic E-state index is 0.155. The lowest BCUT2D eigenvalue weighted by molar-refractivity contribution is -0.134. The van der Waals surface area contributed by atoms with Gasteiger partial charge in [0.15, 0.2) is 0 Å². The van der Waals surface area contributed by atoms with E-state index in [1.54, 1.807) is 42.5 Å². The van der Waals surface area contributed by atoms with Gasteiger partial charge in [-0.2, -0.15) is 0 Å². The molecule has 0 saturated heterocycles. The van der Waals surface area contributed by atoms with E-state index in [0.717, 1.165) is 19.3 Å². The summed E-state index contributed by atoms with van der Waals surface area (Å²) in [5.74, 6) is 0.0666. The number of amides is 1. The molecule has 0 aromatic heterocycles.